The molecule has 0 spiro atoms. The number of ether oxygens (including phenoxy) is 1. The topological polar surface area (TPSA) is 49.8 Å². The number of nitrogens with zero attached hydrogens (tertiary/aromatic N) is 1. The Morgan fingerprint density at radius 1 is 1.69 bits per heavy atom. The van der Waals surface area contributed by atoms with E-state index in [1.165, 1.54) is 0 Å². The van der Waals surface area contributed by atoms with E-state index in [-0.39, 0.29) is 0 Å². The van der Waals surface area contributed by atoms with Crippen LogP contribution in [0.3, 0.4) is 0 Å². The largest absolute Gasteiger partial charge is 0.368 e. The molecule has 1 heterocycles. The van der Waals surface area contributed by atoms with Crippen molar-refractivity contribution in [3.8, 4) is 0 Å². The van der Waals surface area contributed by atoms with Crippen molar-refractivity contribution in [2.24, 2.45) is 0 Å². The van der Waals surface area contributed by atoms with Gasteiger partial charge < -0.3 is 14.7 Å². The third-order valence-corrected chi connectivity index (χ3v) is 1.72. The van der Waals surface area contributed by atoms with Gasteiger partial charge in [0.1, 0.15) is 0 Å². The van der Waals surface area contributed by atoms with Gasteiger partial charge in [-0.05, 0) is 20.3 Å². The molecule has 1 aliphatic heterocycles. The van der Waals surface area contributed by atoms with Crippen molar-refractivity contribution in [3.05, 3.63) is 0 Å². The molecule has 0 aromatic carbocycles. The van der Waals surface area contributed by atoms with Gasteiger partial charge in [-0.1, -0.05) is 0 Å². The minimum Gasteiger partial charge on any atom is -0.368 e. The lowest BCUT2D eigenvalue weighted by atomic mass is 10.4. The highest BCUT2D eigenvalue weighted by Crippen LogP contribution is 2.04. The van der Waals surface area contributed by atoms with Crippen molar-refractivity contribution < 1.29 is 14.6 Å². The van der Waals surface area contributed by atoms with Gasteiger partial charge in [-0.2, -0.15) is 0 Å². The van der Waals surface area contributed by atoms with Crippen LogP contribution in [0.15, 0.2) is 0 Å². The van der Waals surface area contributed by atoms with Crippen molar-refractivity contribution in [1.29, 1.82) is 0 Å². The molecule has 0 aromatic heterocycles. The van der Waals surface area contributed by atoms with E-state index >= 15 is 0 Å². The standard InChI is InChI=1S/C5H9NO.C4H10O2/c1-6-4-2-3-5(6)7;1-3-6-4(2)5/h2-4H2,1H3;4-5H,3H2,1-2H3. The maximum absolute atomic E-state index is 10.5. The number of carbonyl (C=O) groups excluding carboxylic acids is 1. The second kappa shape index (κ2) is 6.86. The van der Waals surface area contributed by atoms with E-state index in [1.807, 2.05) is 14.0 Å². The van der Waals surface area contributed by atoms with Crippen molar-refractivity contribution in [3.63, 3.8) is 0 Å². The molecule has 1 fully saturated rings. The van der Waals surface area contributed by atoms with Crippen LogP contribution in [0, 0.1) is 0 Å². The van der Waals surface area contributed by atoms with Gasteiger partial charge in [0.25, 0.3) is 0 Å². The molecule has 1 unspecified atom stereocenters. The molecule has 1 N–H and O–H groups in total. The molecular weight excluding hydrogens is 170 g/mol. The van der Waals surface area contributed by atoms with Crippen LogP contribution >= 0.6 is 0 Å². The first kappa shape index (κ1) is 12.4. The summed E-state index contributed by atoms with van der Waals surface area (Å²) in [6.07, 6.45) is 1.21. The Hall–Kier alpha value is -0.610. The molecule has 4 nitrogen and oxygen atoms in total. The maximum atomic E-state index is 10.5. The first-order chi connectivity index (χ1) is 6.07. The van der Waals surface area contributed by atoms with Gasteiger partial charge in [-0.15, -0.1) is 0 Å². The lowest BCUT2D eigenvalue weighted by Crippen LogP contribution is -2.17. The number of likely N-dealkylation sites (tertiary alicyclic amines) is 1. The second-order valence-corrected chi connectivity index (χ2v) is 2.97. The van der Waals surface area contributed by atoms with Gasteiger partial charge in [0.15, 0.2) is 6.29 Å². The number of hydrogen-bond donors (Lipinski definition) is 1. The van der Waals surface area contributed by atoms with E-state index in [4.69, 9.17) is 5.11 Å². The smallest absolute Gasteiger partial charge is 0.222 e. The molecule has 0 aromatic rings. The summed E-state index contributed by atoms with van der Waals surface area (Å²) in [6.45, 7) is 4.96. The van der Waals surface area contributed by atoms with E-state index in [0.717, 1.165) is 19.4 Å². The molecule has 4 heteroatoms. The number of amides is 1. The first-order valence-electron chi connectivity index (χ1n) is 4.61. The molecule has 1 aliphatic rings. The summed E-state index contributed by atoms with van der Waals surface area (Å²) < 4.78 is 4.60. The van der Waals surface area contributed by atoms with Gasteiger partial charge in [-0.3, -0.25) is 4.79 Å². The zero-order valence-corrected chi connectivity index (χ0v) is 8.62. The second-order valence-electron chi connectivity index (χ2n) is 2.97. The van der Waals surface area contributed by atoms with Crippen molar-refractivity contribution in [2.45, 2.75) is 33.0 Å². The summed E-state index contributed by atoms with van der Waals surface area (Å²) in [5.74, 6) is 0.292. The summed E-state index contributed by atoms with van der Waals surface area (Å²) in [6, 6.07) is 0. The monoisotopic (exact) mass is 189 g/mol. The molecule has 78 valence electrons. The quantitative estimate of drug-likeness (QED) is 0.647. The van der Waals surface area contributed by atoms with Crippen molar-refractivity contribution >= 4 is 5.91 Å². The van der Waals surface area contributed by atoms with Crippen molar-refractivity contribution in [1.82, 2.24) is 4.90 Å². The Bertz CT molecular complexity index is 148. The molecular formula is C9H19NO3. The Morgan fingerprint density at radius 3 is 2.38 bits per heavy atom. The summed E-state index contributed by atoms with van der Waals surface area (Å²) in [7, 11) is 1.84. The maximum Gasteiger partial charge on any atom is 0.222 e. The van der Waals surface area contributed by atoms with E-state index in [9.17, 15) is 4.79 Å². The molecule has 13 heavy (non-hydrogen) atoms. The number of hydrogen-bond acceptors (Lipinski definition) is 3. The Morgan fingerprint density at radius 2 is 2.31 bits per heavy atom. The van der Waals surface area contributed by atoms with Gasteiger partial charge in [0, 0.05) is 26.6 Å². The zero-order valence-electron chi connectivity index (χ0n) is 8.62. The average Bonchev–Trinajstić information content (AvgIpc) is 2.37. The van der Waals surface area contributed by atoms with Gasteiger partial charge in [0.05, 0.1) is 0 Å². The normalized spacial score (nSPS) is 18.2. The number of rotatable bonds is 2. The zero-order chi connectivity index (χ0) is 10.3. The van der Waals surface area contributed by atoms with E-state index in [0.29, 0.717) is 12.5 Å². The van der Waals surface area contributed by atoms with E-state index < -0.39 is 6.29 Å². The summed E-state index contributed by atoms with van der Waals surface area (Å²) in [5.41, 5.74) is 0. The SMILES string of the molecule is CCOC(C)O.CN1CCCC1=O. The predicted molar refractivity (Wildman–Crippen MR) is 50.2 cm³/mol. The third-order valence-electron chi connectivity index (χ3n) is 1.72. The summed E-state index contributed by atoms with van der Waals surface area (Å²) in [5, 5.41) is 8.33. The van der Waals surface area contributed by atoms with Crippen LogP contribution < -0.4 is 0 Å². The lowest BCUT2D eigenvalue weighted by molar-refractivity contribution is -0.126. The molecule has 0 radical (unpaired) electrons. The van der Waals surface area contributed by atoms with Crippen LogP contribution in [-0.2, 0) is 9.53 Å². The van der Waals surface area contributed by atoms with Gasteiger partial charge >= 0.3 is 0 Å². The highest BCUT2D eigenvalue weighted by Gasteiger charge is 2.14. The third kappa shape index (κ3) is 6.54. The molecule has 0 aliphatic carbocycles. The lowest BCUT2D eigenvalue weighted by Gasteiger charge is -2.03. The molecule has 0 bridgehead atoms. The van der Waals surface area contributed by atoms with Crippen LogP contribution in [0.5, 0.6) is 0 Å². The van der Waals surface area contributed by atoms with E-state index in [1.54, 1.807) is 11.8 Å². The van der Waals surface area contributed by atoms with Crippen LogP contribution in [0.2, 0.25) is 0 Å². The minimum absolute atomic E-state index is 0.292. The highest BCUT2D eigenvalue weighted by molar-refractivity contribution is 5.77. The molecule has 0 saturated carbocycles. The Labute approximate surface area is 79.5 Å². The fourth-order valence-electron chi connectivity index (χ4n) is 1.02. The Kier molecular flexibility index (Phi) is 6.54. The summed E-state index contributed by atoms with van der Waals surface area (Å²) >= 11 is 0. The van der Waals surface area contributed by atoms with Gasteiger partial charge in [-0.25, -0.2) is 0 Å². The fourth-order valence-corrected chi connectivity index (χ4v) is 1.02. The van der Waals surface area contributed by atoms with Crippen LogP contribution in [-0.4, -0.2) is 42.4 Å². The molecule has 1 saturated heterocycles. The average molecular weight is 189 g/mol. The Balaban J connectivity index is 0.000000226. The molecule has 1 amide bonds. The predicted octanol–water partition coefficient (Wildman–Crippen LogP) is 0.600. The molecule has 1 atom stereocenters. The number of aliphatic hydroxyl groups excluding tert-OH is 1. The minimum atomic E-state index is -0.602. The molecule has 1 rings (SSSR count). The number of carbonyl (C=O) groups is 1. The number of aliphatic hydroxyl groups is 1. The van der Waals surface area contributed by atoms with Gasteiger partial charge in [0.2, 0.25) is 5.91 Å². The van der Waals surface area contributed by atoms with Crippen LogP contribution in [0.25, 0.3) is 0 Å². The van der Waals surface area contributed by atoms with Crippen molar-refractivity contribution in [2.75, 3.05) is 20.2 Å². The highest BCUT2D eigenvalue weighted by atomic mass is 16.6. The fraction of sp³-hybridized carbons (Fsp3) is 0.889. The van der Waals surface area contributed by atoms with Crippen LogP contribution in [0.1, 0.15) is 26.7 Å². The van der Waals surface area contributed by atoms with Crippen LogP contribution in [0.4, 0.5) is 0 Å². The first-order valence-corrected chi connectivity index (χ1v) is 4.61. The summed E-state index contributed by atoms with van der Waals surface area (Å²) in [4.78, 5) is 12.3. The van der Waals surface area contributed by atoms with E-state index in [2.05, 4.69) is 4.74 Å².